The fourth-order valence-corrected chi connectivity index (χ4v) is 3.04. The van der Waals surface area contributed by atoms with Gasteiger partial charge in [-0.1, -0.05) is 25.2 Å². The lowest BCUT2D eigenvalue weighted by Crippen LogP contribution is -2.34. The van der Waals surface area contributed by atoms with Crippen LogP contribution in [0.3, 0.4) is 0 Å². The summed E-state index contributed by atoms with van der Waals surface area (Å²) in [7, 11) is 0. The molecule has 3 aromatic heterocycles. The predicted molar refractivity (Wildman–Crippen MR) is 93.9 cm³/mol. The highest BCUT2D eigenvalue weighted by Gasteiger charge is 2.22. The normalized spacial score (nSPS) is 10.8. The molecule has 0 atom stereocenters. The molecular formula is C17H17N5OS. The first-order valence-electron chi connectivity index (χ1n) is 7.61. The van der Waals surface area contributed by atoms with E-state index in [9.17, 15) is 4.79 Å². The van der Waals surface area contributed by atoms with E-state index in [1.165, 1.54) is 11.3 Å². The molecule has 0 bridgehead atoms. The number of carbonyl (C=O) groups is 1. The lowest BCUT2D eigenvalue weighted by Gasteiger charge is -2.21. The molecule has 3 aromatic rings. The number of rotatable bonds is 5. The van der Waals surface area contributed by atoms with Gasteiger partial charge in [0.05, 0.1) is 0 Å². The molecule has 0 saturated carbocycles. The van der Waals surface area contributed by atoms with Crippen molar-refractivity contribution in [3.63, 3.8) is 0 Å². The van der Waals surface area contributed by atoms with E-state index in [1.807, 2.05) is 12.1 Å². The van der Waals surface area contributed by atoms with E-state index in [0.29, 0.717) is 23.2 Å². The monoisotopic (exact) mass is 339 g/mol. The third-order valence-corrected chi connectivity index (χ3v) is 4.27. The summed E-state index contributed by atoms with van der Waals surface area (Å²) in [6.45, 7) is 4.70. The second kappa shape index (κ2) is 7.27. The molecule has 1 amide bonds. The van der Waals surface area contributed by atoms with Crippen molar-refractivity contribution in [3.8, 4) is 10.6 Å². The number of hydrogen-bond donors (Lipinski definition) is 0. The van der Waals surface area contributed by atoms with Gasteiger partial charge in [-0.15, -0.1) is 10.2 Å². The largest absolute Gasteiger partial charge is 0.282 e. The second-order valence-corrected chi connectivity index (χ2v) is 6.63. The molecule has 0 aromatic carbocycles. The van der Waals surface area contributed by atoms with Gasteiger partial charge in [-0.25, -0.2) is 0 Å². The van der Waals surface area contributed by atoms with Gasteiger partial charge in [-0.2, -0.15) is 0 Å². The standard InChI is InChI=1S/C17H17N5OS/c1-12(2)11-22(16(23)13-5-8-18-9-6-13)17-21-20-15(24-17)14-4-3-7-19-10-14/h3-10,12H,11H2,1-2H3. The van der Waals surface area contributed by atoms with Gasteiger partial charge in [0.25, 0.3) is 5.91 Å². The molecule has 0 aliphatic carbocycles. The van der Waals surface area contributed by atoms with Crippen LogP contribution in [-0.4, -0.2) is 32.6 Å². The van der Waals surface area contributed by atoms with Crippen LogP contribution >= 0.6 is 11.3 Å². The van der Waals surface area contributed by atoms with Crippen LogP contribution in [0.25, 0.3) is 10.6 Å². The van der Waals surface area contributed by atoms with Gasteiger partial charge in [-0.05, 0) is 30.2 Å². The molecule has 3 rings (SSSR count). The maximum atomic E-state index is 12.9. The lowest BCUT2D eigenvalue weighted by atomic mass is 10.2. The van der Waals surface area contributed by atoms with Crippen molar-refractivity contribution in [2.75, 3.05) is 11.4 Å². The third-order valence-electron chi connectivity index (χ3n) is 3.27. The number of nitrogens with zero attached hydrogens (tertiary/aromatic N) is 5. The summed E-state index contributed by atoms with van der Waals surface area (Å²) in [5, 5.41) is 9.77. The molecule has 3 heterocycles. The summed E-state index contributed by atoms with van der Waals surface area (Å²) in [5.41, 5.74) is 1.48. The summed E-state index contributed by atoms with van der Waals surface area (Å²) >= 11 is 1.39. The van der Waals surface area contributed by atoms with Crippen molar-refractivity contribution < 1.29 is 4.79 Å². The van der Waals surface area contributed by atoms with E-state index in [4.69, 9.17) is 0 Å². The van der Waals surface area contributed by atoms with Crippen molar-refractivity contribution in [2.45, 2.75) is 13.8 Å². The SMILES string of the molecule is CC(C)CN(C(=O)c1ccncc1)c1nnc(-c2cccnc2)s1. The first-order chi connectivity index (χ1) is 11.6. The minimum absolute atomic E-state index is 0.0972. The molecule has 0 aliphatic heterocycles. The summed E-state index contributed by atoms with van der Waals surface area (Å²) in [6, 6.07) is 7.19. The fraction of sp³-hybridized carbons (Fsp3) is 0.235. The first kappa shape index (κ1) is 16.2. The van der Waals surface area contributed by atoms with Crippen molar-refractivity contribution in [1.29, 1.82) is 0 Å². The highest BCUT2D eigenvalue weighted by Crippen LogP contribution is 2.29. The van der Waals surface area contributed by atoms with Crippen molar-refractivity contribution >= 4 is 22.4 Å². The number of amides is 1. The third kappa shape index (κ3) is 3.62. The van der Waals surface area contributed by atoms with Gasteiger partial charge in [-0.3, -0.25) is 19.7 Å². The Balaban J connectivity index is 1.92. The molecule has 7 heteroatoms. The summed E-state index contributed by atoms with van der Waals surface area (Å²) in [4.78, 5) is 22.6. The van der Waals surface area contributed by atoms with Crippen molar-refractivity contribution in [3.05, 3.63) is 54.6 Å². The lowest BCUT2D eigenvalue weighted by molar-refractivity contribution is 0.0983. The molecule has 6 nitrogen and oxygen atoms in total. The van der Waals surface area contributed by atoms with Crippen LogP contribution in [0.4, 0.5) is 5.13 Å². The zero-order valence-corrected chi connectivity index (χ0v) is 14.3. The Kier molecular flexibility index (Phi) is 4.90. The Labute approximate surface area is 144 Å². The summed E-state index contributed by atoms with van der Waals surface area (Å²) < 4.78 is 0. The maximum absolute atomic E-state index is 12.9. The number of aromatic nitrogens is 4. The molecular weight excluding hydrogens is 322 g/mol. The molecule has 0 N–H and O–H groups in total. The molecule has 0 saturated heterocycles. The van der Waals surface area contributed by atoms with E-state index >= 15 is 0 Å². The van der Waals surface area contributed by atoms with Gasteiger partial charge in [0, 0.05) is 42.5 Å². The van der Waals surface area contributed by atoms with Crippen LogP contribution in [0, 0.1) is 5.92 Å². The van der Waals surface area contributed by atoms with E-state index in [2.05, 4.69) is 34.0 Å². The molecule has 0 spiro atoms. The second-order valence-electron chi connectivity index (χ2n) is 5.68. The molecule has 0 fully saturated rings. The van der Waals surface area contributed by atoms with Crippen molar-refractivity contribution in [1.82, 2.24) is 20.2 Å². The van der Waals surface area contributed by atoms with E-state index in [-0.39, 0.29) is 5.91 Å². The van der Waals surface area contributed by atoms with E-state index in [1.54, 1.807) is 41.8 Å². The number of pyridine rings is 2. The van der Waals surface area contributed by atoms with Crippen LogP contribution in [0.5, 0.6) is 0 Å². The summed E-state index contributed by atoms with van der Waals surface area (Å²) in [5.74, 6) is 0.210. The van der Waals surface area contributed by atoms with Gasteiger partial charge >= 0.3 is 0 Å². The molecule has 0 radical (unpaired) electrons. The van der Waals surface area contributed by atoms with Gasteiger partial charge < -0.3 is 0 Å². The highest BCUT2D eigenvalue weighted by atomic mass is 32.1. The van der Waals surface area contributed by atoms with Crippen molar-refractivity contribution in [2.24, 2.45) is 5.92 Å². The summed E-state index contributed by atoms with van der Waals surface area (Å²) in [6.07, 6.45) is 6.68. The molecule has 0 unspecified atom stereocenters. The Hall–Kier alpha value is -2.67. The minimum atomic E-state index is -0.0972. The topological polar surface area (TPSA) is 71.9 Å². The highest BCUT2D eigenvalue weighted by molar-refractivity contribution is 7.18. The fourth-order valence-electron chi connectivity index (χ4n) is 2.19. The number of anilines is 1. The quantitative estimate of drug-likeness (QED) is 0.713. The maximum Gasteiger partial charge on any atom is 0.260 e. The zero-order valence-electron chi connectivity index (χ0n) is 13.5. The molecule has 24 heavy (non-hydrogen) atoms. The Morgan fingerprint density at radius 3 is 2.58 bits per heavy atom. The van der Waals surface area contributed by atoms with Crippen LogP contribution < -0.4 is 4.90 Å². The Morgan fingerprint density at radius 1 is 1.12 bits per heavy atom. The van der Waals surface area contributed by atoms with Crippen LogP contribution in [0.15, 0.2) is 49.1 Å². The van der Waals surface area contributed by atoms with Crippen LogP contribution in [0.1, 0.15) is 24.2 Å². The van der Waals surface area contributed by atoms with Gasteiger partial charge in [0.1, 0.15) is 0 Å². The average molecular weight is 339 g/mol. The molecule has 0 aliphatic rings. The first-order valence-corrected chi connectivity index (χ1v) is 8.42. The Bertz CT molecular complexity index is 804. The average Bonchev–Trinajstić information content (AvgIpc) is 3.10. The minimum Gasteiger partial charge on any atom is -0.282 e. The van der Waals surface area contributed by atoms with E-state index in [0.717, 1.165) is 10.6 Å². The zero-order chi connectivity index (χ0) is 16.9. The van der Waals surface area contributed by atoms with Gasteiger partial charge in [0.2, 0.25) is 5.13 Å². The predicted octanol–water partition coefficient (Wildman–Crippen LogP) is 3.30. The van der Waals surface area contributed by atoms with Gasteiger partial charge in [0.15, 0.2) is 5.01 Å². The number of carbonyl (C=O) groups excluding carboxylic acids is 1. The Morgan fingerprint density at radius 2 is 1.92 bits per heavy atom. The number of hydrogen-bond acceptors (Lipinski definition) is 6. The smallest absolute Gasteiger partial charge is 0.260 e. The van der Waals surface area contributed by atoms with Crippen LogP contribution in [0.2, 0.25) is 0 Å². The van der Waals surface area contributed by atoms with Crippen LogP contribution in [-0.2, 0) is 0 Å². The van der Waals surface area contributed by atoms with E-state index < -0.39 is 0 Å². The molecule has 122 valence electrons.